The Morgan fingerprint density at radius 2 is 1.32 bits per heavy atom. The zero-order chi connectivity index (χ0) is 18.7. The first kappa shape index (κ1) is 15.9. The van der Waals surface area contributed by atoms with Crippen LogP contribution in [0.2, 0.25) is 0 Å². The predicted octanol–water partition coefficient (Wildman–Crippen LogP) is 8.32. The molecular weight excluding hydrogens is 408 g/mol. The van der Waals surface area contributed by atoms with E-state index in [1.54, 1.807) is 0 Å². The molecule has 0 saturated carbocycles. The van der Waals surface area contributed by atoms with E-state index in [1.807, 2.05) is 12.1 Å². The molecule has 0 spiro atoms. The van der Waals surface area contributed by atoms with Crippen molar-refractivity contribution in [3.05, 3.63) is 95.5 Å². The normalized spacial score (nSPS) is 11.8. The molecule has 6 rings (SSSR count). The molecule has 28 heavy (non-hydrogen) atoms. The largest absolute Gasteiger partial charge is 0.456 e. The molecule has 2 heteroatoms. The zero-order valence-corrected chi connectivity index (χ0v) is 16.5. The van der Waals surface area contributed by atoms with Crippen molar-refractivity contribution in [3.8, 4) is 11.1 Å². The van der Waals surface area contributed by atoms with Gasteiger partial charge in [0, 0.05) is 15.2 Å². The maximum atomic E-state index is 6.01. The van der Waals surface area contributed by atoms with Crippen molar-refractivity contribution in [2.75, 3.05) is 0 Å². The van der Waals surface area contributed by atoms with Gasteiger partial charge in [0.25, 0.3) is 0 Å². The second-order valence-electron chi connectivity index (χ2n) is 7.15. The van der Waals surface area contributed by atoms with Crippen molar-refractivity contribution in [2.45, 2.75) is 0 Å². The second kappa shape index (κ2) is 5.95. The van der Waals surface area contributed by atoms with E-state index in [0.717, 1.165) is 26.4 Å². The van der Waals surface area contributed by atoms with Crippen LogP contribution in [0.25, 0.3) is 54.6 Å². The van der Waals surface area contributed by atoms with E-state index in [1.165, 1.54) is 32.7 Å². The highest BCUT2D eigenvalue weighted by atomic mass is 79.9. The number of rotatable bonds is 1. The summed E-state index contributed by atoms with van der Waals surface area (Å²) >= 11 is 3.67. The van der Waals surface area contributed by atoms with Gasteiger partial charge in [-0.1, -0.05) is 76.6 Å². The van der Waals surface area contributed by atoms with Gasteiger partial charge in [0.15, 0.2) is 0 Å². The van der Waals surface area contributed by atoms with Gasteiger partial charge in [-0.15, -0.1) is 0 Å². The monoisotopic (exact) mass is 422 g/mol. The molecule has 0 bridgehead atoms. The van der Waals surface area contributed by atoms with Gasteiger partial charge in [-0.25, -0.2) is 0 Å². The SMILES string of the molecule is Brc1cccc2oc3ccc(-c4ccc5c(ccc6ccccc65)c4)cc3c12. The average Bonchev–Trinajstić information content (AvgIpc) is 3.12. The molecule has 0 radical (unpaired) electrons. The quantitative estimate of drug-likeness (QED) is 0.242. The molecule has 0 aliphatic rings. The first-order chi connectivity index (χ1) is 13.8. The summed E-state index contributed by atoms with van der Waals surface area (Å²) in [5.41, 5.74) is 4.23. The van der Waals surface area contributed by atoms with Crippen LogP contribution in [-0.4, -0.2) is 0 Å². The summed E-state index contributed by atoms with van der Waals surface area (Å²) in [6.45, 7) is 0. The minimum absolute atomic E-state index is 0.909. The summed E-state index contributed by atoms with van der Waals surface area (Å²) in [5, 5.41) is 7.39. The molecule has 132 valence electrons. The Bertz CT molecular complexity index is 1520. The van der Waals surface area contributed by atoms with Gasteiger partial charge in [-0.05, 0) is 63.0 Å². The van der Waals surface area contributed by atoms with Gasteiger partial charge < -0.3 is 4.42 Å². The number of furan rings is 1. The summed E-state index contributed by atoms with van der Waals surface area (Å²) in [7, 11) is 0. The third-order valence-corrected chi connectivity index (χ3v) is 6.18. The molecule has 1 nitrogen and oxygen atoms in total. The molecule has 5 aromatic carbocycles. The molecule has 6 aromatic rings. The van der Waals surface area contributed by atoms with E-state index in [2.05, 4.69) is 94.8 Å². The number of halogens is 1. The lowest BCUT2D eigenvalue weighted by molar-refractivity contribution is 0.669. The number of hydrogen-bond donors (Lipinski definition) is 0. The molecule has 0 aliphatic heterocycles. The Labute approximate surface area is 170 Å². The van der Waals surface area contributed by atoms with Crippen molar-refractivity contribution in [1.82, 2.24) is 0 Å². The smallest absolute Gasteiger partial charge is 0.136 e. The van der Waals surface area contributed by atoms with Crippen LogP contribution in [0.4, 0.5) is 0 Å². The van der Waals surface area contributed by atoms with E-state index in [-0.39, 0.29) is 0 Å². The third kappa shape index (κ3) is 2.31. The first-order valence-corrected chi connectivity index (χ1v) is 10.1. The highest BCUT2D eigenvalue weighted by molar-refractivity contribution is 9.10. The lowest BCUT2D eigenvalue weighted by Crippen LogP contribution is -1.81. The fraction of sp³-hybridized carbons (Fsp3) is 0. The van der Waals surface area contributed by atoms with Crippen LogP contribution in [0.15, 0.2) is 99.9 Å². The van der Waals surface area contributed by atoms with Crippen LogP contribution in [-0.2, 0) is 0 Å². The number of fused-ring (bicyclic) bond motifs is 6. The van der Waals surface area contributed by atoms with E-state index in [9.17, 15) is 0 Å². The maximum absolute atomic E-state index is 6.01. The van der Waals surface area contributed by atoms with Crippen molar-refractivity contribution in [1.29, 1.82) is 0 Å². The minimum atomic E-state index is 0.909. The summed E-state index contributed by atoms with van der Waals surface area (Å²) in [6.07, 6.45) is 0. The Morgan fingerprint density at radius 1 is 0.536 bits per heavy atom. The Kier molecular flexibility index (Phi) is 3.38. The van der Waals surface area contributed by atoms with Crippen molar-refractivity contribution in [3.63, 3.8) is 0 Å². The fourth-order valence-electron chi connectivity index (χ4n) is 4.16. The standard InChI is InChI=1S/C26H15BrO/c27-23-6-3-7-25-26(23)22-15-18(11-13-24(22)28-25)17-10-12-21-19(14-17)9-8-16-4-1-2-5-20(16)21/h1-15H. The molecule has 0 saturated heterocycles. The lowest BCUT2D eigenvalue weighted by atomic mass is 9.97. The first-order valence-electron chi connectivity index (χ1n) is 9.31. The fourth-order valence-corrected chi connectivity index (χ4v) is 4.72. The lowest BCUT2D eigenvalue weighted by Gasteiger charge is -2.07. The molecule has 0 fully saturated rings. The Morgan fingerprint density at radius 3 is 2.29 bits per heavy atom. The Hall–Kier alpha value is -3.10. The van der Waals surface area contributed by atoms with Gasteiger partial charge in [0.05, 0.1) is 0 Å². The zero-order valence-electron chi connectivity index (χ0n) is 14.9. The average molecular weight is 423 g/mol. The van der Waals surface area contributed by atoms with Gasteiger partial charge in [0.1, 0.15) is 11.2 Å². The molecule has 1 heterocycles. The van der Waals surface area contributed by atoms with Crippen LogP contribution >= 0.6 is 15.9 Å². The van der Waals surface area contributed by atoms with Gasteiger partial charge in [0.2, 0.25) is 0 Å². The van der Waals surface area contributed by atoms with E-state index in [0.29, 0.717) is 0 Å². The van der Waals surface area contributed by atoms with Crippen LogP contribution in [0.3, 0.4) is 0 Å². The molecule has 0 amide bonds. The molecule has 0 unspecified atom stereocenters. The van der Waals surface area contributed by atoms with Crippen molar-refractivity contribution >= 4 is 59.4 Å². The topological polar surface area (TPSA) is 13.1 Å². The van der Waals surface area contributed by atoms with Gasteiger partial charge >= 0.3 is 0 Å². The van der Waals surface area contributed by atoms with Crippen LogP contribution in [0.1, 0.15) is 0 Å². The summed E-state index contributed by atoms with van der Waals surface area (Å²) in [6, 6.07) is 32.2. The second-order valence-corrected chi connectivity index (χ2v) is 8.00. The van der Waals surface area contributed by atoms with E-state index >= 15 is 0 Å². The highest BCUT2D eigenvalue weighted by Crippen LogP contribution is 2.37. The van der Waals surface area contributed by atoms with Crippen LogP contribution in [0.5, 0.6) is 0 Å². The molecule has 1 aromatic heterocycles. The highest BCUT2D eigenvalue weighted by Gasteiger charge is 2.11. The van der Waals surface area contributed by atoms with Gasteiger partial charge in [-0.2, -0.15) is 0 Å². The molecule has 0 aliphatic carbocycles. The van der Waals surface area contributed by atoms with Crippen LogP contribution in [0, 0.1) is 0 Å². The van der Waals surface area contributed by atoms with E-state index in [4.69, 9.17) is 4.42 Å². The third-order valence-electron chi connectivity index (χ3n) is 5.52. The minimum Gasteiger partial charge on any atom is -0.456 e. The molecular formula is C26H15BrO. The van der Waals surface area contributed by atoms with Crippen LogP contribution < -0.4 is 0 Å². The van der Waals surface area contributed by atoms with Crippen molar-refractivity contribution < 1.29 is 4.42 Å². The van der Waals surface area contributed by atoms with E-state index < -0.39 is 0 Å². The number of benzene rings is 5. The maximum Gasteiger partial charge on any atom is 0.136 e. The summed E-state index contributed by atoms with van der Waals surface area (Å²) in [4.78, 5) is 0. The number of hydrogen-bond acceptors (Lipinski definition) is 1. The molecule has 0 atom stereocenters. The van der Waals surface area contributed by atoms with Gasteiger partial charge in [-0.3, -0.25) is 0 Å². The summed E-state index contributed by atoms with van der Waals surface area (Å²) < 4.78 is 7.07. The Balaban J connectivity index is 1.59. The predicted molar refractivity (Wildman–Crippen MR) is 122 cm³/mol. The summed E-state index contributed by atoms with van der Waals surface area (Å²) in [5.74, 6) is 0. The van der Waals surface area contributed by atoms with Crippen molar-refractivity contribution in [2.24, 2.45) is 0 Å². The molecule has 0 N–H and O–H groups in total.